The lowest BCUT2D eigenvalue weighted by atomic mass is 10.1. The topological polar surface area (TPSA) is 57.8 Å². The van der Waals surface area contributed by atoms with Crippen molar-refractivity contribution >= 4 is 5.91 Å². The van der Waals surface area contributed by atoms with Crippen LogP contribution >= 0.6 is 0 Å². The molecule has 4 nitrogen and oxygen atoms in total. The second-order valence-corrected chi connectivity index (χ2v) is 3.77. The molecule has 1 amide bonds. The number of nitrogens with zero attached hydrogens (tertiary/aromatic N) is 1. The number of amides is 1. The summed E-state index contributed by atoms with van der Waals surface area (Å²) in [6, 6.07) is 3.05. The summed E-state index contributed by atoms with van der Waals surface area (Å²) in [5, 5.41) is 2.53. The predicted octanol–water partition coefficient (Wildman–Crippen LogP) is 2.18. The van der Waals surface area contributed by atoms with Crippen LogP contribution in [0.5, 0.6) is 0 Å². The van der Waals surface area contributed by atoms with Gasteiger partial charge in [-0.15, -0.1) is 0 Å². The molecular formula is C12H11F2N3O. The Kier molecular flexibility index (Phi) is 3.36. The van der Waals surface area contributed by atoms with Gasteiger partial charge in [-0.25, -0.2) is 13.8 Å². The standard InChI is InChI=1S/C12H11F2N3O/c1-7(11-15-5-6-16-11)17-12(18)8-3-2-4-9(13)10(8)14/h2-7H,1H3,(H,15,16)(H,17,18). The Bertz CT molecular complexity index is 554. The Morgan fingerprint density at radius 2 is 2.22 bits per heavy atom. The van der Waals surface area contributed by atoms with E-state index in [4.69, 9.17) is 0 Å². The fourth-order valence-electron chi connectivity index (χ4n) is 1.54. The molecule has 1 heterocycles. The maximum atomic E-state index is 13.4. The molecule has 18 heavy (non-hydrogen) atoms. The molecule has 6 heteroatoms. The molecule has 0 aliphatic carbocycles. The molecule has 2 rings (SSSR count). The zero-order valence-electron chi connectivity index (χ0n) is 9.58. The molecule has 1 aromatic heterocycles. The summed E-state index contributed by atoms with van der Waals surface area (Å²) in [5.41, 5.74) is -0.326. The largest absolute Gasteiger partial charge is 0.347 e. The van der Waals surface area contributed by atoms with Gasteiger partial charge in [-0.05, 0) is 19.1 Å². The fourth-order valence-corrected chi connectivity index (χ4v) is 1.54. The number of nitrogens with one attached hydrogen (secondary N) is 2. The Morgan fingerprint density at radius 3 is 2.89 bits per heavy atom. The van der Waals surface area contributed by atoms with E-state index in [0.717, 1.165) is 6.07 Å². The number of aromatic amines is 1. The van der Waals surface area contributed by atoms with Crippen LogP contribution < -0.4 is 5.32 Å². The van der Waals surface area contributed by atoms with E-state index in [1.807, 2.05) is 0 Å². The number of hydrogen-bond donors (Lipinski definition) is 2. The highest BCUT2D eigenvalue weighted by Gasteiger charge is 2.18. The molecule has 0 bridgehead atoms. The first-order valence-corrected chi connectivity index (χ1v) is 5.33. The predicted molar refractivity (Wildman–Crippen MR) is 60.8 cm³/mol. The molecule has 94 valence electrons. The maximum absolute atomic E-state index is 13.4. The van der Waals surface area contributed by atoms with Crippen molar-refractivity contribution in [3.05, 3.63) is 53.6 Å². The van der Waals surface area contributed by atoms with Gasteiger partial charge < -0.3 is 10.3 Å². The van der Waals surface area contributed by atoms with Gasteiger partial charge in [0, 0.05) is 12.4 Å². The van der Waals surface area contributed by atoms with E-state index in [9.17, 15) is 13.6 Å². The minimum Gasteiger partial charge on any atom is -0.347 e. The first kappa shape index (κ1) is 12.2. The molecule has 1 unspecified atom stereocenters. The quantitative estimate of drug-likeness (QED) is 0.878. The maximum Gasteiger partial charge on any atom is 0.254 e. The molecule has 1 aromatic carbocycles. The number of carbonyl (C=O) groups is 1. The van der Waals surface area contributed by atoms with E-state index in [2.05, 4.69) is 15.3 Å². The van der Waals surface area contributed by atoms with Crippen LogP contribution in [0.15, 0.2) is 30.6 Å². The highest BCUT2D eigenvalue weighted by molar-refractivity contribution is 5.94. The molecule has 0 saturated heterocycles. The summed E-state index contributed by atoms with van der Waals surface area (Å²) in [6.45, 7) is 1.69. The van der Waals surface area contributed by atoms with Crippen LogP contribution in [-0.2, 0) is 0 Å². The number of H-pyrrole nitrogens is 1. The summed E-state index contributed by atoms with van der Waals surface area (Å²) in [5.74, 6) is -2.34. The molecular weight excluding hydrogens is 240 g/mol. The number of benzene rings is 1. The summed E-state index contributed by atoms with van der Waals surface area (Å²) in [7, 11) is 0. The molecule has 0 aliphatic rings. The first-order valence-electron chi connectivity index (χ1n) is 5.33. The number of carbonyl (C=O) groups excluding carboxylic acids is 1. The average molecular weight is 251 g/mol. The zero-order valence-corrected chi connectivity index (χ0v) is 9.58. The third kappa shape index (κ3) is 2.37. The minimum atomic E-state index is -1.15. The summed E-state index contributed by atoms with van der Waals surface area (Å²) < 4.78 is 26.4. The van der Waals surface area contributed by atoms with E-state index in [-0.39, 0.29) is 5.56 Å². The van der Waals surface area contributed by atoms with Crippen molar-refractivity contribution in [2.24, 2.45) is 0 Å². The Balaban J connectivity index is 2.15. The van der Waals surface area contributed by atoms with E-state index < -0.39 is 23.6 Å². The third-order valence-corrected chi connectivity index (χ3v) is 2.47. The molecule has 0 saturated carbocycles. The molecule has 1 atom stereocenters. The molecule has 0 radical (unpaired) electrons. The van der Waals surface area contributed by atoms with Gasteiger partial charge in [0.05, 0.1) is 11.6 Å². The van der Waals surface area contributed by atoms with Crippen molar-refractivity contribution in [3.63, 3.8) is 0 Å². The second-order valence-electron chi connectivity index (χ2n) is 3.77. The van der Waals surface area contributed by atoms with Crippen LogP contribution in [0.1, 0.15) is 29.1 Å². The van der Waals surface area contributed by atoms with Gasteiger partial charge in [-0.3, -0.25) is 4.79 Å². The van der Waals surface area contributed by atoms with Gasteiger partial charge in [-0.1, -0.05) is 6.07 Å². The van der Waals surface area contributed by atoms with Gasteiger partial charge >= 0.3 is 0 Å². The highest BCUT2D eigenvalue weighted by atomic mass is 19.2. The van der Waals surface area contributed by atoms with Gasteiger partial charge in [0.1, 0.15) is 5.82 Å². The highest BCUT2D eigenvalue weighted by Crippen LogP contribution is 2.13. The Labute approximate surface area is 102 Å². The first-order chi connectivity index (χ1) is 8.59. The Hall–Kier alpha value is -2.24. The number of aromatic nitrogens is 2. The van der Waals surface area contributed by atoms with E-state index in [1.165, 1.54) is 12.1 Å². The van der Waals surface area contributed by atoms with Crippen LogP contribution in [0.2, 0.25) is 0 Å². The van der Waals surface area contributed by atoms with Gasteiger partial charge in [-0.2, -0.15) is 0 Å². The van der Waals surface area contributed by atoms with Crippen molar-refractivity contribution in [2.75, 3.05) is 0 Å². The second kappa shape index (κ2) is 4.95. The zero-order chi connectivity index (χ0) is 13.1. The SMILES string of the molecule is CC(NC(=O)c1cccc(F)c1F)c1ncc[nH]1. The van der Waals surface area contributed by atoms with Crippen LogP contribution in [0, 0.1) is 11.6 Å². The van der Waals surface area contributed by atoms with Crippen LogP contribution in [0.3, 0.4) is 0 Å². The van der Waals surface area contributed by atoms with Gasteiger partial charge in [0.2, 0.25) is 0 Å². The Morgan fingerprint density at radius 1 is 1.44 bits per heavy atom. The van der Waals surface area contributed by atoms with Crippen molar-refractivity contribution in [1.82, 2.24) is 15.3 Å². The van der Waals surface area contributed by atoms with Gasteiger partial charge in [0.25, 0.3) is 5.91 Å². The molecule has 0 spiro atoms. The molecule has 0 fully saturated rings. The van der Waals surface area contributed by atoms with Gasteiger partial charge in [0.15, 0.2) is 11.6 Å². The van der Waals surface area contributed by atoms with E-state index in [0.29, 0.717) is 5.82 Å². The van der Waals surface area contributed by atoms with Crippen molar-refractivity contribution < 1.29 is 13.6 Å². The lowest BCUT2D eigenvalue weighted by molar-refractivity contribution is 0.0933. The number of hydrogen-bond acceptors (Lipinski definition) is 2. The lowest BCUT2D eigenvalue weighted by Crippen LogP contribution is -2.28. The number of imidazole rings is 1. The smallest absolute Gasteiger partial charge is 0.254 e. The van der Waals surface area contributed by atoms with Crippen molar-refractivity contribution in [3.8, 4) is 0 Å². The van der Waals surface area contributed by atoms with Crippen LogP contribution in [0.25, 0.3) is 0 Å². The number of halogens is 2. The van der Waals surface area contributed by atoms with Crippen LogP contribution in [-0.4, -0.2) is 15.9 Å². The fraction of sp³-hybridized carbons (Fsp3) is 0.167. The third-order valence-electron chi connectivity index (χ3n) is 2.47. The molecule has 0 aliphatic heterocycles. The summed E-state index contributed by atoms with van der Waals surface area (Å²) in [6.07, 6.45) is 3.15. The summed E-state index contributed by atoms with van der Waals surface area (Å²) in [4.78, 5) is 18.6. The van der Waals surface area contributed by atoms with Crippen molar-refractivity contribution in [1.29, 1.82) is 0 Å². The minimum absolute atomic E-state index is 0.326. The van der Waals surface area contributed by atoms with E-state index >= 15 is 0 Å². The van der Waals surface area contributed by atoms with Crippen LogP contribution in [0.4, 0.5) is 8.78 Å². The number of rotatable bonds is 3. The lowest BCUT2D eigenvalue weighted by Gasteiger charge is -2.11. The monoisotopic (exact) mass is 251 g/mol. The van der Waals surface area contributed by atoms with E-state index in [1.54, 1.807) is 19.3 Å². The normalized spacial score (nSPS) is 12.2. The van der Waals surface area contributed by atoms with Crippen molar-refractivity contribution in [2.45, 2.75) is 13.0 Å². The molecule has 2 aromatic rings. The summed E-state index contributed by atoms with van der Waals surface area (Å²) >= 11 is 0. The average Bonchev–Trinajstić information content (AvgIpc) is 2.86. The molecule has 2 N–H and O–H groups in total.